The summed E-state index contributed by atoms with van der Waals surface area (Å²) in [5, 5.41) is 97.0. The lowest BCUT2D eigenvalue weighted by molar-refractivity contribution is -0.432. The Kier molecular flexibility index (Phi) is 17.5. The number of fused-ring (bicyclic) bond motifs is 2. The molecule has 40 nitrogen and oxygen atoms in total. The number of aromatic hydroxyl groups is 3. The first kappa shape index (κ1) is 65.4. The van der Waals surface area contributed by atoms with Crippen molar-refractivity contribution in [1.29, 1.82) is 0 Å². The van der Waals surface area contributed by atoms with Crippen molar-refractivity contribution in [3.05, 3.63) is 107 Å². The van der Waals surface area contributed by atoms with Crippen molar-refractivity contribution in [1.82, 2.24) is 9.78 Å². The summed E-state index contributed by atoms with van der Waals surface area (Å²) < 4.78 is 215. The number of nitrogens with zero attached hydrogens (tertiary/aromatic N) is 11. The standard InChI is InChI=1S/C42H28N12O28S7/c43-33-26(15-29(86(69,70)71)22-13-27(83-82-81-62)34(39(56)32(22)33)49-45-23-8-4-18(54(60)61)12-30(23)87(72,73)74)48-46-24-9-7-20-21(40(24)89(78,79)80)14-31(88(75,76)77)35(38(20)55)50-44-16-1-10-28(85(66,67)68)25(11-16)47-51-36-37(42(58)59)52-53(41(36)57)17-2-5-19(6-3-17)84(63,64)65/h1-15,55-57,62H,43H2,(H,58,59)(H,63,64,65)(H,66,67,68)(H,69,70,71)(H,72,73,74)(H,75,76,77)(H,78,79,80). The zero-order valence-corrected chi connectivity index (χ0v) is 48.1. The SMILES string of the molecule is Nc1c(N=Nc2ccc3c(O)c(N=Nc4ccc(S(=O)(=O)O)c(N=Nc5c(C(=O)O)nn(-c6ccc(S(=O)(=O)O)cc6)c5O)c4)c(S(=O)(=O)O)cc3c2S(=O)(=O)O)cc(S(=O)(=O)O)c2cc(SOOO)c(N=Nc3ccc([N+](=O)[O-])cc3S(=O)(=O)O)c(O)c12. The van der Waals surface area contributed by atoms with Crippen molar-refractivity contribution in [2.75, 3.05) is 5.73 Å². The molecule has 7 aromatic carbocycles. The van der Waals surface area contributed by atoms with Gasteiger partial charge in [0.25, 0.3) is 66.4 Å². The number of nitrogen functional groups attached to an aromatic ring is 1. The summed E-state index contributed by atoms with van der Waals surface area (Å²) in [7, 11) is -32.3. The lowest BCUT2D eigenvalue weighted by atomic mass is 10.0. The van der Waals surface area contributed by atoms with E-state index in [-0.39, 0.29) is 17.7 Å². The summed E-state index contributed by atoms with van der Waals surface area (Å²) in [6.45, 7) is 0. The van der Waals surface area contributed by atoms with Crippen LogP contribution in [0.25, 0.3) is 27.2 Å². The van der Waals surface area contributed by atoms with Gasteiger partial charge >= 0.3 is 5.97 Å². The molecule has 0 saturated heterocycles. The number of hydrogen-bond acceptors (Lipinski definition) is 32. The molecular weight excluding hydrogens is 1340 g/mol. The van der Waals surface area contributed by atoms with E-state index in [2.05, 4.69) is 55.4 Å². The number of nitrogens with two attached hydrogens (primary N) is 1. The number of phenols is 2. The summed E-state index contributed by atoms with van der Waals surface area (Å²) in [6, 6.07) is 10.3. The van der Waals surface area contributed by atoms with Crippen LogP contribution in [0.2, 0.25) is 0 Å². The number of carbonyl (C=O) groups is 1. The fourth-order valence-electron chi connectivity index (χ4n) is 7.81. The van der Waals surface area contributed by atoms with Gasteiger partial charge in [-0.15, -0.1) is 40.1 Å². The molecule has 0 aliphatic carbocycles. The lowest BCUT2D eigenvalue weighted by Crippen LogP contribution is -2.03. The van der Waals surface area contributed by atoms with Gasteiger partial charge < -0.3 is 26.2 Å². The van der Waals surface area contributed by atoms with Crippen molar-refractivity contribution < 1.29 is 123 Å². The number of rotatable bonds is 20. The Bertz CT molecular complexity index is 5240. The molecule has 0 spiro atoms. The molecule has 1 aromatic heterocycles. The van der Waals surface area contributed by atoms with Gasteiger partial charge in [0.2, 0.25) is 11.6 Å². The van der Waals surface area contributed by atoms with E-state index in [0.29, 0.717) is 47.1 Å². The number of hydrogen-bond donors (Lipinski definition) is 12. The second kappa shape index (κ2) is 23.8. The van der Waals surface area contributed by atoms with Crippen LogP contribution in [-0.4, -0.2) is 124 Å². The molecule has 0 atom stereocenters. The van der Waals surface area contributed by atoms with Crippen LogP contribution in [0, 0.1) is 10.1 Å². The van der Waals surface area contributed by atoms with E-state index in [0.717, 1.165) is 48.5 Å². The number of anilines is 1. The van der Waals surface area contributed by atoms with Gasteiger partial charge in [0, 0.05) is 28.3 Å². The Morgan fingerprint density at radius 3 is 1.70 bits per heavy atom. The zero-order valence-electron chi connectivity index (χ0n) is 42.4. The number of carboxylic acids is 1. The third kappa shape index (κ3) is 13.6. The monoisotopic (exact) mass is 1370 g/mol. The highest BCUT2D eigenvalue weighted by atomic mass is 32.2. The van der Waals surface area contributed by atoms with Crippen LogP contribution in [0.4, 0.5) is 56.9 Å². The maximum atomic E-state index is 13.2. The lowest BCUT2D eigenvalue weighted by Gasteiger charge is -2.15. The minimum atomic E-state index is -5.76. The number of benzene rings is 7. The summed E-state index contributed by atoms with van der Waals surface area (Å²) >= 11 is -0.0551. The van der Waals surface area contributed by atoms with Gasteiger partial charge in [0.1, 0.15) is 58.6 Å². The third-order valence-electron chi connectivity index (χ3n) is 11.6. The van der Waals surface area contributed by atoms with Crippen molar-refractivity contribution in [2.45, 2.75) is 34.3 Å². The largest absolute Gasteiger partial charge is 0.505 e. The molecule has 8 rings (SSSR count). The fourth-order valence-corrected chi connectivity index (χ4v) is 12.2. The number of nitro groups is 1. The molecule has 47 heteroatoms. The first-order valence-corrected chi connectivity index (χ1v) is 31.8. The van der Waals surface area contributed by atoms with Gasteiger partial charge in [0.15, 0.2) is 17.2 Å². The summed E-state index contributed by atoms with van der Waals surface area (Å²) in [6.07, 6.45) is 0. The second-order valence-electron chi connectivity index (χ2n) is 17.1. The molecule has 0 amide bonds. The maximum absolute atomic E-state index is 13.2. The Labute approximate surface area is 497 Å². The number of carboxylic acid groups (broad SMARTS) is 1. The molecular formula is C42H28N12O28S7. The summed E-state index contributed by atoms with van der Waals surface area (Å²) in [5.74, 6) is -5.60. The Hall–Kier alpha value is -9.57. The van der Waals surface area contributed by atoms with E-state index < -0.39 is 207 Å². The molecule has 0 fully saturated rings. The van der Waals surface area contributed by atoms with Crippen LogP contribution >= 0.6 is 12.0 Å². The first-order chi connectivity index (χ1) is 41.2. The molecule has 0 unspecified atom stereocenters. The van der Waals surface area contributed by atoms with E-state index >= 15 is 0 Å². The van der Waals surface area contributed by atoms with Crippen LogP contribution in [0.3, 0.4) is 0 Å². The number of non-ortho nitro benzene ring substituents is 1. The summed E-state index contributed by atoms with van der Waals surface area (Å²) in [5.41, 5.74) is -4.08. The molecule has 89 heavy (non-hydrogen) atoms. The number of aromatic carboxylic acids is 1. The quantitative estimate of drug-likeness (QED) is 0.00652. The van der Waals surface area contributed by atoms with E-state index in [1.54, 1.807) is 0 Å². The number of nitro benzene ring substituents is 1. The predicted octanol–water partition coefficient (Wildman–Crippen LogP) is 8.05. The second-order valence-corrected chi connectivity index (χ2v) is 26.1. The molecule has 13 N–H and O–H groups in total. The van der Waals surface area contributed by atoms with Crippen molar-refractivity contribution >= 4 is 157 Å². The van der Waals surface area contributed by atoms with Gasteiger partial charge in [-0.25, -0.2) is 10.1 Å². The molecule has 0 aliphatic heterocycles. The van der Waals surface area contributed by atoms with E-state index in [1.165, 1.54) is 0 Å². The van der Waals surface area contributed by atoms with E-state index in [1.807, 2.05) is 0 Å². The number of aromatic nitrogens is 2. The maximum Gasteiger partial charge on any atom is 0.358 e. The highest BCUT2D eigenvalue weighted by Crippen LogP contribution is 2.51. The molecule has 0 bridgehead atoms. The third-order valence-corrected chi connectivity index (χ3v) is 17.5. The van der Waals surface area contributed by atoms with Crippen molar-refractivity contribution in [3.63, 3.8) is 0 Å². The number of phenolic OH excluding ortho intramolecular Hbond substituents is 2. The average molecular weight is 1370 g/mol. The van der Waals surface area contributed by atoms with Crippen LogP contribution in [0.5, 0.6) is 17.4 Å². The van der Waals surface area contributed by atoms with Crippen LogP contribution in [-0.2, 0) is 70.1 Å². The highest BCUT2D eigenvalue weighted by Gasteiger charge is 2.31. The van der Waals surface area contributed by atoms with Crippen LogP contribution in [0.15, 0.2) is 166 Å². The van der Waals surface area contributed by atoms with Crippen LogP contribution < -0.4 is 5.73 Å². The van der Waals surface area contributed by atoms with Gasteiger partial charge in [0.05, 0.1) is 49.2 Å². The first-order valence-electron chi connectivity index (χ1n) is 22.4. The molecule has 466 valence electrons. The topological polar surface area (TPSA) is 649 Å². The molecule has 0 radical (unpaired) electrons. The predicted molar refractivity (Wildman–Crippen MR) is 294 cm³/mol. The Balaban J connectivity index is 1.24. The normalized spacial score (nSPS) is 13.1. The number of azo groups is 4. The minimum Gasteiger partial charge on any atom is -0.505 e. The molecule has 0 aliphatic rings. The molecule has 0 saturated carbocycles. The van der Waals surface area contributed by atoms with Gasteiger partial charge in [-0.3, -0.25) is 37.4 Å². The Morgan fingerprint density at radius 2 is 1.12 bits per heavy atom. The van der Waals surface area contributed by atoms with Gasteiger partial charge in [-0.1, -0.05) is 5.04 Å². The van der Waals surface area contributed by atoms with Crippen molar-refractivity contribution in [2.24, 2.45) is 40.9 Å². The summed E-state index contributed by atoms with van der Waals surface area (Å²) in [4.78, 5) is 14.8. The van der Waals surface area contributed by atoms with E-state index in [9.17, 15) is 113 Å². The van der Waals surface area contributed by atoms with Crippen LogP contribution in [0.1, 0.15) is 10.5 Å². The average Bonchev–Trinajstić information content (AvgIpc) is 2.00. The van der Waals surface area contributed by atoms with Gasteiger partial charge in [-0.2, -0.15) is 65.4 Å². The molecule has 1 heterocycles. The smallest absolute Gasteiger partial charge is 0.358 e. The van der Waals surface area contributed by atoms with E-state index in [4.69, 9.17) is 11.0 Å². The van der Waals surface area contributed by atoms with Gasteiger partial charge in [-0.05, 0) is 78.9 Å². The minimum absolute atomic E-state index is 0.0551. The van der Waals surface area contributed by atoms with Crippen molar-refractivity contribution in [3.8, 4) is 23.1 Å². The zero-order chi connectivity index (χ0) is 65.8. The Morgan fingerprint density at radius 1 is 0.551 bits per heavy atom. The fraction of sp³-hybridized carbons (Fsp3) is 0. The highest BCUT2D eigenvalue weighted by molar-refractivity contribution is 7.94. The molecule has 8 aromatic rings.